The predicted octanol–water partition coefficient (Wildman–Crippen LogP) is 2.30. The molecule has 104 valence electrons. The molecule has 6 nitrogen and oxygen atoms in total. The van der Waals surface area contributed by atoms with Gasteiger partial charge in [-0.3, -0.25) is 0 Å². The number of hydrogen-bond donors (Lipinski definition) is 1. The molecular weight excluding hydrogens is 258 g/mol. The highest BCUT2D eigenvalue weighted by Gasteiger charge is 2.28. The number of nitrogens with two attached hydrogens (primary N) is 1. The maximum atomic E-state index is 6.07. The van der Waals surface area contributed by atoms with E-state index >= 15 is 0 Å². The second kappa shape index (κ2) is 4.73. The summed E-state index contributed by atoms with van der Waals surface area (Å²) in [6.07, 6.45) is 0. The summed E-state index contributed by atoms with van der Waals surface area (Å²) in [5.74, 6) is 1.22. The number of hydrogen-bond acceptors (Lipinski definition) is 6. The average molecular weight is 273 g/mol. The monoisotopic (exact) mass is 273 g/mol. The van der Waals surface area contributed by atoms with Gasteiger partial charge in [-0.2, -0.15) is 4.98 Å². The molecule has 3 rings (SSSR count). The third kappa shape index (κ3) is 2.19. The number of nitrogens with zero attached hydrogens (tertiary/aromatic N) is 2. The van der Waals surface area contributed by atoms with Crippen LogP contribution in [0.1, 0.15) is 12.7 Å². The number of para-hydroxylation sites is 1. The van der Waals surface area contributed by atoms with Crippen LogP contribution < -0.4 is 5.73 Å². The number of benzene rings is 1. The number of furan rings is 1. The van der Waals surface area contributed by atoms with Gasteiger partial charge in [0.15, 0.2) is 11.6 Å². The third-order valence-electron chi connectivity index (χ3n) is 3.02. The Kier molecular flexibility index (Phi) is 3.04. The van der Waals surface area contributed by atoms with Crippen molar-refractivity contribution in [2.24, 2.45) is 5.73 Å². The predicted molar refractivity (Wildman–Crippen MR) is 72.9 cm³/mol. The highest BCUT2D eigenvalue weighted by atomic mass is 16.5. The first-order valence-corrected chi connectivity index (χ1v) is 6.21. The molecule has 1 atom stereocenters. The second-order valence-electron chi connectivity index (χ2n) is 4.92. The van der Waals surface area contributed by atoms with Gasteiger partial charge in [-0.1, -0.05) is 23.4 Å². The van der Waals surface area contributed by atoms with E-state index in [4.69, 9.17) is 19.4 Å². The molecule has 6 heteroatoms. The second-order valence-corrected chi connectivity index (χ2v) is 4.92. The van der Waals surface area contributed by atoms with Gasteiger partial charge in [-0.05, 0) is 19.1 Å². The molecule has 2 N–H and O–H groups in total. The molecule has 0 aliphatic heterocycles. The Morgan fingerprint density at radius 3 is 2.90 bits per heavy atom. The zero-order chi connectivity index (χ0) is 14.2. The summed E-state index contributed by atoms with van der Waals surface area (Å²) < 4.78 is 15.9. The topological polar surface area (TPSA) is 87.3 Å². The summed E-state index contributed by atoms with van der Waals surface area (Å²) in [4.78, 5) is 4.29. The first kappa shape index (κ1) is 12.8. The van der Waals surface area contributed by atoms with Crippen LogP contribution in [0.4, 0.5) is 0 Å². The summed E-state index contributed by atoms with van der Waals surface area (Å²) >= 11 is 0. The van der Waals surface area contributed by atoms with E-state index in [0.717, 1.165) is 11.0 Å². The minimum Gasteiger partial charge on any atom is -0.451 e. The van der Waals surface area contributed by atoms with Crippen molar-refractivity contribution in [1.82, 2.24) is 10.1 Å². The Hall–Kier alpha value is -2.18. The fourth-order valence-electron chi connectivity index (χ4n) is 2.01. The molecule has 0 saturated carbocycles. The molecule has 2 heterocycles. The van der Waals surface area contributed by atoms with Gasteiger partial charge in [0.2, 0.25) is 0 Å². The van der Waals surface area contributed by atoms with Crippen LogP contribution >= 0.6 is 0 Å². The summed E-state index contributed by atoms with van der Waals surface area (Å²) in [5, 5.41) is 4.88. The van der Waals surface area contributed by atoms with Gasteiger partial charge in [0.1, 0.15) is 11.1 Å². The summed E-state index contributed by atoms with van der Waals surface area (Å²) in [7, 11) is 1.57. The van der Waals surface area contributed by atoms with Crippen molar-refractivity contribution < 1.29 is 13.7 Å². The Balaban J connectivity index is 1.97. The van der Waals surface area contributed by atoms with Crippen LogP contribution in [-0.4, -0.2) is 23.9 Å². The molecule has 0 aliphatic rings. The molecular formula is C14H15N3O3. The number of ether oxygens (including phenoxy) is 1. The van der Waals surface area contributed by atoms with Crippen molar-refractivity contribution >= 4 is 11.0 Å². The van der Waals surface area contributed by atoms with Gasteiger partial charge in [0.05, 0.1) is 6.61 Å². The quantitative estimate of drug-likeness (QED) is 0.784. The minimum absolute atomic E-state index is 0.298. The number of aromatic nitrogens is 2. The molecule has 2 aromatic heterocycles. The van der Waals surface area contributed by atoms with E-state index in [2.05, 4.69) is 10.1 Å². The fraction of sp³-hybridized carbons (Fsp3) is 0.286. The fourth-order valence-corrected chi connectivity index (χ4v) is 2.01. The van der Waals surface area contributed by atoms with Gasteiger partial charge in [0, 0.05) is 12.5 Å². The van der Waals surface area contributed by atoms with Crippen LogP contribution in [0, 0.1) is 0 Å². The standard InChI is InChI=1S/C14H15N3O3/c1-14(15,8-18-2)13-16-12(20-17-13)11-7-9-5-3-4-6-10(9)19-11/h3-7H,8,15H2,1-2H3. The van der Waals surface area contributed by atoms with E-state index in [-0.39, 0.29) is 0 Å². The van der Waals surface area contributed by atoms with Crippen LogP contribution in [0.5, 0.6) is 0 Å². The van der Waals surface area contributed by atoms with Crippen molar-refractivity contribution in [2.75, 3.05) is 13.7 Å². The minimum atomic E-state index is -0.803. The van der Waals surface area contributed by atoms with E-state index in [1.54, 1.807) is 14.0 Å². The molecule has 0 aliphatic carbocycles. The first-order chi connectivity index (χ1) is 9.60. The first-order valence-electron chi connectivity index (χ1n) is 6.21. The van der Waals surface area contributed by atoms with E-state index in [1.165, 1.54) is 0 Å². The largest absolute Gasteiger partial charge is 0.451 e. The molecule has 0 amide bonds. The van der Waals surface area contributed by atoms with Crippen molar-refractivity contribution in [2.45, 2.75) is 12.5 Å². The van der Waals surface area contributed by atoms with E-state index in [1.807, 2.05) is 30.3 Å². The van der Waals surface area contributed by atoms with Gasteiger partial charge in [-0.15, -0.1) is 0 Å². The average Bonchev–Trinajstić information content (AvgIpc) is 3.05. The lowest BCUT2D eigenvalue weighted by molar-refractivity contribution is 0.135. The Labute approximate surface area is 115 Å². The van der Waals surface area contributed by atoms with Crippen LogP contribution in [0.3, 0.4) is 0 Å². The Morgan fingerprint density at radius 1 is 1.35 bits per heavy atom. The lowest BCUT2D eigenvalue weighted by Crippen LogP contribution is -2.38. The SMILES string of the molecule is COCC(C)(N)c1noc(-c2cc3ccccc3o2)n1. The van der Waals surface area contributed by atoms with Crippen molar-refractivity contribution in [3.05, 3.63) is 36.2 Å². The Bertz CT molecular complexity index is 697. The summed E-state index contributed by atoms with van der Waals surface area (Å²) in [6.45, 7) is 2.08. The molecule has 0 spiro atoms. The van der Waals surface area contributed by atoms with Gasteiger partial charge >= 0.3 is 0 Å². The normalized spacial score (nSPS) is 14.6. The van der Waals surface area contributed by atoms with Crippen LogP contribution in [0.25, 0.3) is 22.6 Å². The van der Waals surface area contributed by atoms with Crippen molar-refractivity contribution in [1.29, 1.82) is 0 Å². The smallest absolute Gasteiger partial charge is 0.293 e. The number of rotatable bonds is 4. The van der Waals surface area contributed by atoms with Crippen LogP contribution in [-0.2, 0) is 10.3 Å². The zero-order valence-corrected chi connectivity index (χ0v) is 11.3. The van der Waals surface area contributed by atoms with Crippen molar-refractivity contribution in [3.63, 3.8) is 0 Å². The number of fused-ring (bicyclic) bond motifs is 1. The lowest BCUT2D eigenvalue weighted by atomic mass is 10.1. The third-order valence-corrected chi connectivity index (χ3v) is 3.02. The van der Waals surface area contributed by atoms with Gasteiger partial charge < -0.3 is 19.4 Å². The summed E-state index contributed by atoms with van der Waals surface area (Å²) in [6, 6.07) is 9.54. The van der Waals surface area contributed by atoms with E-state index in [9.17, 15) is 0 Å². The molecule has 20 heavy (non-hydrogen) atoms. The molecule has 0 bridgehead atoms. The van der Waals surface area contributed by atoms with E-state index in [0.29, 0.717) is 24.1 Å². The summed E-state index contributed by atoms with van der Waals surface area (Å²) in [5.41, 5.74) is 6.04. The molecule has 0 saturated heterocycles. The zero-order valence-electron chi connectivity index (χ0n) is 11.3. The molecule has 1 aromatic carbocycles. The Morgan fingerprint density at radius 2 is 2.15 bits per heavy atom. The van der Waals surface area contributed by atoms with Crippen molar-refractivity contribution in [3.8, 4) is 11.7 Å². The van der Waals surface area contributed by atoms with Crippen LogP contribution in [0.15, 0.2) is 39.3 Å². The number of methoxy groups -OCH3 is 1. The van der Waals surface area contributed by atoms with Gasteiger partial charge in [-0.25, -0.2) is 0 Å². The highest BCUT2D eigenvalue weighted by Crippen LogP contribution is 2.27. The molecule has 3 aromatic rings. The van der Waals surface area contributed by atoms with E-state index < -0.39 is 5.54 Å². The molecule has 0 fully saturated rings. The van der Waals surface area contributed by atoms with Crippen LogP contribution in [0.2, 0.25) is 0 Å². The maximum absolute atomic E-state index is 6.07. The maximum Gasteiger partial charge on any atom is 0.293 e. The van der Waals surface area contributed by atoms with Gasteiger partial charge in [0.25, 0.3) is 5.89 Å². The highest BCUT2D eigenvalue weighted by molar-refractivity contribution is 5.81. The lowest BCUT2D eigenvalue weighted by Gasteiger charge is -2.18. The molecule has 1 unspecified atom stereocenters. The molecule has 0 radical (unpaired) electrons.